The summed E-state index contributed by atoms with van der Waals surface area (Å²) in [5.74, 6) is 1.82. The summed E-state index contributed by atoms with van der Waals surface area (Å²) in [6.07, 6.45) is 17.9. The molecule has 0 atom stereocenters. The number of phenols is 4. The molecule has 0 bridgehead atoms. The normalized spacial score (nSPS) is 11.7. The number of hydrogen-bond acceptors (Lipinski definition) is 8. The fourth-order valence-corrected chi connectivity index (χ4v) is 7.30. The fourth-order valence-electron chi connectivity index (χ4n) is 7.30. The minimum Gasteiger partial charge on any atom is -0.508 e. The molecule has 0 saturated carbocycles. The van der Waals surface area contributed by atoms with Gasteiger partial charge in [0.25, 0.3) is 0 Å². The number of benzene rings is 6. The van der Waals surface area contributed by atoms with Gasteiger partial charge in [0.15, 0.2) is 0 Å². The predicted molar refractivity (Wildman–Crippen MR) is 242 cm³/mol. The lowest BCUT2D eigenvalue weighted by Gasteiger charge is -2.15. The lowest BCUT2D eigenvalue weighted by atomic mass is 9.92. The molecule has 0 heterocycles. The van der Waals surface area contributed by atoms with Crippen LogP contribution in [0.5, 0.6) is 34.5 Å². The maximum Gasteiger partial charge on any atom is 0.124 e. The van der Waals surface area contributed by atoms with Crippen LogP contribution in [0.15, 0.2) is 107 Å². The first-order chi connectivity index (χ1) is 28.8. The van der Waals surface area contributed by atoms with Gasteiger partial charge in [0.2, 0.25) is 0 Å². The van der Waals surface area contributed by atoms with Crippen LogP contribution in [0, 0.1) is 0 Å². The van der Waals surface area contributed by atoms with Gasteiger partial charge in [-0.3, -0.25) is 9.98 Å². The zero-order valence-electron chi connectivity index (χ0n) is 34.5. The van der Waals surface area contributed by atoms with Crippen molar-refractivity contribution in [3.05, 3.63) is 119 Å². The van der Waals surface area contributed by atoms with Gasteiger partial charge in [-0.1, -0.05) is 90.2 Å². The number of ether oxygens (including phenoxy) is 2. The number of unbranched alkanes of at least 4 members (excludes halogenated alkanes) is 10. The molecule has 0 aliphatic heterocycles. The number of rotatable bonds is 22. The summed E-state index contributed by atoms with van der Waals surface area (Å²) < 4.78 is 11.8. The van der Waals surface area contributed by atoms with Gasteiger partial charge in [-0.15, -0.1) is 0 Å². The van der Waals surface area contributed by atoms with Crippen LogP contribution in [0.4, 0.5) is 11.4 Å². The van der Waals surface area contributed by atoms with Crippen molar-refractivity contribution in [2.75, 3.05) is 13.2 Å². The highest BCUT2D eigenvalue weighted by atomic mass is 16.5. The maximum absolute atomic E-state index is 11.2. The quantitative estimate of drug-likeness (QED) is 0.0401. The third-order valence-corrected chi connectivity index (χ3v) is 10.8. The SMILES string of the molecule is CCCCCCCCOc1ccc(N=Cc2cc3c(Cc4c(O)ccc5cc(O)c(C=Nc6ccc(OCCCCCCCC)cc6)cc45)c(O)ccc3cc2O)cc1. The molecule has 8 nitrogen and oxygen atoms in total. The van der Waals surface area contributed by atoms with E-state index in [2.05, 4.69) is 23.8 Å². The molecule has 59 heavy (non-hydrogen) atoms. The van der Waals surface area contributed by atoms with E-state index in [4.69, 9.17) is 9.47 Å². The van der Waals surface area contributed by atoms with Crippen LogP contribution in [0.2, 0.25) is 0 Å². The van der Waals surface area contributed by atoms with Crippen LogP contribution in [0.3, 0.4) is 0 Å². The molecule has 4 N–H and O–H groups in total. The summed E-state index contributed by atoms with van der Waals surface area (Å²) in [7, 11) is 0. The number of aromatic hydroxyl groups is 4. The summed E-state index contributed by atoms with van der Waals surface area (Å²) in [5.41, 5.74) is 3.54. The van der Waals surface area contributed by atoms with Crippen LogP contribution in [0.25, 0.3) is 21.5 Å². The average Bonchev–Trinajstić information content (AvgIpc) is 3.24. The highest BCUT2D eigenvalue weighted by Gasteiger charge is 2.17. The Morgan fingerprint density at radius 3 is 1.24 bits per heavy atom. The smallest absolute Gasteiger partial charge is 0.124 e. The van der Waals surface area contributed by atoms with Crippen molar-refractivity contribution in [1.82, 2.24) is 0 Å². The minimum absolute atomic E-state index is 0.0546. The first-order valence-electron chi connectivity index (χ1n) is 21.3. The van der Waals surface area contributed by atoms with E-state index in [-0.39, 0.29) is 29.4 Å². The van der Waals surface area contributed by atoms with Gasteiger partial charge in [0.1, 0.15) is 34.5 Å². The molecule has 0 amide bonds. The molecule has 0 saturated heterocycles. The summed E-state index contributed by atoms with van der Waals surface area (Å²) in [6.45, 7) is 5.82. The molecule has 0 aliphatic rings. The van der Waals surface area contributed by atoms with Gasteiger partial charge >= 0.3 is 0 Å². The Labute approximate surface area is 348 Å². The standard InChI is InChI=1S/C51H58N2O6/c1-3-5-7-9-11-13-27-58-42-21-17-40(18-22-42)52-34-38-29-44-36(31-50(38)56)15-25-48(54)46(44)33-47-45-30-39(51(57)32-37(45)16-26-49(47)55)35-53-41-19-23-43(24-20-41)59-28-14-12-10-8-6-4-2/h15-26,29-32,34-35,54-57H,3-14,27-28,33H2,1-2H3. The second kappa shape index (κ2) is 21.7. The monoisotopic (exact) mass is 794 g/mol. The molecule has 0 aromatic heterocycles. The number of fused-ring (bicyclic) bond motifs is 2. The highest BCUT2D eigenvalue weighted by molar-refractivity contribution is 5.99. The van der Waals surface area contributed by atoms with Crippen LogP contribution in [-0.2, 0) is 6.42 Å². The third-order valence-electron chi connectivity index (χ3n) is 10.8. The summed E-state index contributed by atoms with van der Waals surface area (Å²) >= 11 is 0. The van der Waals surface area contributed by atoms with E-state index in [1.807, 2.05) is 48.5 Å². The fraction of sp³-hybridized carbons (Fsp3) is 0.333. The zero-order valence-corrected chi connectivity index (χ0v) is 34.5. The first-order valence-corrected chi connectivity index (χ1v) is 21.3. The minimum atomic E-state index is 0.0546. The number of aliphatic imine (C=N–C) groups is 2. The summed E-state index contributed by atoms with van der Waals surface area (Å²) in [6, 6.07) is 28.7. The topological polar surface area (TPSA) is 124 Å². The second-order valence-electron chi connectivity index (χ2n) is 15.3. The Hall–Kier alpha value is -6.02. The lowest BCUT2D eigenvalue weighted by Crippen LogP contribution is -1.97. The molecule has 0 radical (unpaired) electrons. The van der Waals surface area contributed by atoms with Crippen molar-refractivity contribution in [2.24, 2.45) is 9.98 Å². The van der Waals surface area contributed by atoms with Gasteiger partial charge in [-0.25, -0.2) is 0 Å². The zero-order chi connectivity index (χ0) is 41.4. The van der Waals surface area contributed by atoms with E-state index in [9.17, 15) is 20.4 Å². The third kappa shape index (κ3) is 12.0. The van der Waals surface area contributed by atoms with Gasteiger partial charge < -0.3 is 29.9 Å². The molecule has 6 aromatic rings. The Kier molecular flexibility index (Phi) is 15.6. The van der Waals surface area contributed by atoms with Gasteiger partial charge in [0.05, 0.1) is 24.6 Å². The van der Waals surface area contributed by atoms with Gasteiger partial charge in [-0.2, -0.15) is 0 Å². The van der Waals surface area contributed by atoms with E-state index in [1.165, 1.54) is 64.2 Å². The number of phenolic OH excluding ortho intramolecular Hbond substituents is 4. The van der Waals surface area contributed by atoms with E-state index in [1.54, 1.807) is 61.0 Å². The van der Waals surface area contributed by atoms with Crippen molar-refractivity contribution in [3.63, 3.8) is 0 Å². The molecule has 0 fully saturated rings. The first kappa shape index (κ1) is 42.6. The molecule has 6 rings (SSSR count). The van der Waals surface area contributed by atoms with Crippen molar-refractivity contribution >= 4 is 45.3 Å². The molecular weight excluding hydrogens is 737 g/mol. The van der Waals surface area contributed by atoms with Crippen molar-refractivity contribution < 1.29 is 29.9 Å². The van der Waals surface area contributed by atoms with Crippen LogP contribution >= 0.6 is 0 Å². The lowest BCUT2D eigenvalue weighted by molar-refractivity contribution is 0.304. The molecule has 0 spiro atoms. The van der Waals surface area contributed by atoms with Crippen molar-refractivity contribution in [1.29, 1.82) is 0 Å². The molecule has 308 valence electrons. The summed E-state index contributed by atoms with van der Waals surface area (Å²) in [5, 5.41) is 47.3. The number of hydrogen-bond donors (Lipinski definition) is 4. The highest BCUT2D eigenvalue weighted by Crippen LogP contribution is 2.38. The van der Waals surface area contributed by atoms with E-state index in [0.717, 1.165) is 35.1 Å². The van der Waals surface area contributed by atoms with Crippen LogP contribution in [-0.4, -0.2) is 46.1 Å². The Morgan fingerprint density at radius 2 is 0.831 bits per heavy atom. The van der Waals surface area contributed by atoms with E-state index in [0.29, 0.717) is 57.6 Å². The Morgan fingerprint density at radius 1 is 0.441 bits per heavy atom. The van der Waals surface area contributed by atoms with Crippen LogP contribution < -0.4 is 9.47 Å². The molecular formula is C51H58N2O6. The number of nitrogens with zero attached hydrogens (tertiary/aromatic N) is 2. The van der Waals surface area contributed by atoms with E-state index < -0.39 is 0 Å². The van der Waals surface area contributed by atoms with Crippen molar-refractivity contribution in [2.45, 2.75) is 97.3 Å². The van der Waals surface area contributed by atoms with Crippen LogP contribution in [0.1, 0.15) is 113 Å². The van der Waals surface area contributed by atoms with Crippen molar-refractivity contribution in [3.8, 4) is 34.5 Å². The molecule has 8 heteroatoms. The maximum atomic E-state index is 11.2. The van der Waals surface area contributed by atoms with E-state index >= 15 is 0 Å². The molecule has 0 aliphatic carbocycles. The molecule has 6 aromatic carbocycles. The van der Waals surface area contributed by atoms with Gasteiger partial charge in [-0.05, 0) is 119 Å². The molecule has 0 unspecified atom stereocenters. The Balaban J connectivity index is 1.17. The largest absolute Gasteiger partial charge is 0.508 e. The predicted octanol–water partition coefficient (Wildman–Crippen LogP) is 13.4. The van der Waals surface area contributed by atoms with Gasteiger partial charge in [0, 0.05) is 41.1 Å². The average molecular weight is 795 g/mol. The Bertz CT molecular complexity index is 2170. The second-order valence-corrected chi connectivity index (χ2v) is 15.3. The summed E-state index contributed by atoms with van der Waals surface area (Å²) in [4.78, 5) is 9.23.